The molecular formula is C27H35NO5S. The first kappa shape index (κ1) is 23.6. The van der Waals surface area contributed by atoms with Gasteiger partial charge in [-0.1, -0.05) is 19.1 Å². The molecule has 184 valence electrons. The molecule has 1 saturated carbocycles. The fraction of sp³-hybridized carbons (Fsp3) is 0.556. The number of aliphatic hydroxyl groups is 1. The van der Waals surface area contributed by atoms with Crippen molar-refractivity contribution < 1.29 is 23.0 Å². The summed E-state index contributed by atoms with van der Waals surface area (Å²) in [4.78, 5) is 0.211. The smallest absolute Gasteiger partial charge is 0.264 e. The summed E-state index contributed by atoms with van der Waals surface area (Å²) in [5.74, 6) is 1.00. The van der Waals surface area contributed by atoms with E-state index in [4.69, 9.17) is 9.47 Å². The molecule has 2 aromatic rings. The van der Waals surface area contributed by atoms with Crippen molar-refractivity contribution in [1.29, 1.82) is 0 Å². The number of aryl methyl sites for hydroxylation is 2. The highest BCUT2D eigenvalue weighted by Gasteiger charge is 2.45. The molecular weight excluding hydrogens is 450 g/mol. The maximum atomic E-state index is 14.0. The van der Waals surface area contributed by atoms with Gasteiger partial charge in [0.15, 0.2) is 0 Å². The standard InChI is InChI=1S/C27H35NO5S/c1-3-20-5-7-22-6-4-19(2)28(25(22)16-20)34(30,31)23-8-9-26(24(17-23)27(29)12-13-27)33-18-21-10-14-32-15-11-21/h5,7-9,16-17,19,21,29H,3-4,6,10-15,18H2,1-2H3. The van der Waals surface area contributed by atoms with Gasteiger partial charge in [-0.15, -0.1) is 0 Å². The van der Waals surface area contributed by atoms with Crippen molar-refractivity contribution in [2.24, 2.45) is 5.92 Å². The molecule has 0 radical (unpaired) electrons. The van der Waals surface area contributed by atoms with Crippen LogP contribution in [0.1, 0.15) is 62.6 Å². The zero-order valence-corrected chi connectivity index (χ0v) is 20.9. The minimum Gasteiger partial charge on any atom is -0.493 e. The van der Waals surface area contributed by atoms with Crippen molar-refractivity contribution in [3.63, 3.8) is 0 Å². The van der Waals surface area contributed by atoms with Gasteiger partial charge in [0.1, 0.15) is 5.75 Å². The lowest BCUT2D eigenvalue weighted by Gasteiger charge is -2.36. The van der Waals surface area contributed by atoms with Crippen molar-refractivity contribution in [3.05, 3.63) is 53.1 Å². The molecule has 1 N–H and O–H groups in total. The Kier molecular flexibility index (Phi) is 6.38. The van der Waals surface area contributed by atoms with Crippen LogP contribution in [0.4, 0.5) is 5.69 Å². The van der Waals surface area contributed by atoms with E-state index in [0.717, 1.165) is 62.1 Å². The molecule has 1 saturated heterocycles. The van der Waals surface area contributed by atoms with Crippen LogP contribution < -0.4 is 9.04 Å². The molecule has 2 fully saturated rings. The molecule has 2 heterocycles. The Bertz CT molecular complexity index is 1150. The van der Waals surface area contributed by atoms with E-state index < -0.39 is 15.6 Å². The molecule has 1 atom stereocenters. The topological polar surface area (TPSA) is 76.1 Å². The summed E-state index contributed by atoms with van der Waals surface area (Å²) in [6.45, 7) is 6.09. The third kappa shape index (κ3) is 4.45. The first-order chi connectivity index (χ1) is 16.3. The SMILES string of the molecule is CCc1ccc2c(c1)N(S(=O)(=O)c1ccc(OCC3CCOCC3)c(C3(O)CC3)c1)C(C)CC2. The van der Waals surface area contributed by atoms with E-state index in [1.807, 2.05) is 13.0 Å². The van der Waals surface area contributed by atoms with E-state index >= 15 is 0 Å². The summed E-state index contributed by atoms with van der Waals surface area (Å²) < 4.78 is 41.1. The van der Waals surface area contributed by atoms with Gasteiger partial charge < -0.3 is 14.6 Å². The predicted molar refractivity (Wildman–Crippen MR) is 132 cm³/mol. The van der Waals surface area contributed by atoms with Crippen LogP contribution in [0, 0.1) is 5.92 Å². The van der Waals surface area contributed by atoms with Crippen LogP contribution in [0.3, 0.4) is 0 Å². The molecule has 7 heteroatoms. The second-order valence-corrected chi connectivity index (χ2v) is 11.9. The molecule has 6 nitrogen and oxygen atoms in total. The number of rotatable bonds is 7. The molecule has 1 unspecified atom stereocenters. The number of nitrogens with zero attached hydrogens (tertiary/aromatic N) is 1. The molecule has 3 aliphatic rings. The number of benzene rings is 2. The van der Waals surface area contributed by atoms with Gasteiger partial charge in [0.25, 0.3) is 10.0 Å². The monoisotopic (exact) mass is 485 g/mol. The van der Waals surface area contributed by atoms with Crippen LogP contribution in [-0.4, -0.2) is 39.4 Å². The summed E-state index contributed by atoms with van der Waals surface area (Å²) in [6, 6.07) is 11.0. The first-order valence-electron chi connectivity index (χ1n) is 12.6. The Morgan fingerprint density at radius 1 is 1.12 bits per heavy atom. The lowest BCUT2D eigenvalue weighted by molar-refractivity contribution is 0.0487. The van der Waals surface area contributed by atoms with Crippen molar-refractivity contribution in [2.45, 2.75) is 75.3 Å². The fourth-order valence-electron chi connectivity index (χ4n) is 5.11. The average Bonchev–Trinajstić information content (AvgIpc) is 3.60. The molecule has 5 rings (SSSR count). The van der Waals surface area contributed by atoms with Crippen LogP contribution in [0.2, 0.25) is 0 Å². The second-order valence-electron chi connectivity index (χ2n) is 10.1. The minimum absolute atomic E-state index is 0.137. The third-order valence-corrected chi connectivity index (χ3v) is 9.50. The highest BCUT2D eigenvalue weighted by atomic mass is 32.2. The number of hydrogen-bond acceptors (Lipinski definition) is 5. The van der Waals surface area contributed by atoms with Crippen LogP contribution in [-0.2, 0) is 33.2 Å². The van der Waals surface area contributed by atoms with Gasteiger partial charge >= 0.3 is 0 Å². The first-order valence-corrected chi connectivity index (χ1v) is 14.0. The lowest BCUT2D eigenvalue weighted by Crippen LogP contribution is -2.42. The number of ether oxygens (including phenoxy) is 2. The molecule has 2 aromatic carbocycles. The zero-order valence-electron chi connectivity index (χ0n) is 20.1. The van der Waals surface area contributed by atoms with Crippen LogP contribution in [0.25, 0.3) is 0 Å². The normalized spacial score (nSPS) is 22.3. The van der Waals surface area contributed by atoms with Gasteiger partial charge in [0, 0.05) is 24.8 Å². The Morgan fingerprint density at radius 3 is 2.59 bits per heavy atom. The minimum atomic E-state index is -3.81. The Morgan fingerprint density at radius 2 is 1.88 bits per heavy atom. The van der Waals surface area contributed by atoms with E-state index in [2.05, 4.69) is 19.1 Å². The molecule has 0 bridgehead atoms. The highest BCUT2D eigenvalue weighted by Crippen LogP contribution is 2.50. The molecule has 0 aromatic heterocycles. The van der Waals surface area contributed by atoms with Gasteiger partial charge in [0.2, 0.25) is 0 Å². The molecule has 0 amide bonds. The molecule has 1 aliphatic carbocycles. The van der Waals surface area contributed by atoms with Crippen molar-refractivity contribution in [2.75, 3.05) is 24.1 Å². The fourth-order valence-corrected chi connectivity index (χ4v) is 6.85. The van der Waals surface area contributed by atoms with Crippen molar-refractivity contribution >= 4 is 15.7 Å². The van der Waals surface area contributed by atoms with Gasteiger partial charge in [-0.25, -0.2) is 8.42 Å². The number of anilines is 1. The maximum absolute atomic E-state index is 14.0. The maximum Gasteiger partial charge on any atom is 0.264 e. The van der Waals surface area contributed by atoms with Gasteiger partial charge in [-0.2, -0.15) is 0 Å². The Labute approximate surface area is 202 Å². The van der Waals surface area contributed by atoms with E-state index in [-0.39, 0.29) is 10.9 Å². The summed E-state index contributed by atoms with van der Waals surface area (Å²) in [5.41, 5.74) is 2.56. The van der Waals surface area contributed by atoms with Crippen LogP contribution >= 0.6 is 0 Å². The summed E-state index contributed by atoms with van der Waals surface area (Å²) in [5, 5.41) is 11.0. The van der Waals surface area contributed by atoms with Crippen molar-refractivity contribution in [3.8, 4) is 5.75 Å². The summed E-state index contributed by atoms with van der Waals surface area (Å²) in [7, 11) is -3.81. The van der Waals surface area contributed by atoms with Crippen LogP contribution in [0.5, 0.6) is 5.75 Å². The Hall–Kier alpha value is -2.09. The summed E-state index contributed by atoms with van der Waals surface area (Å²) >= 11 is 0. The largest absolute Gasteiger partial charge is 0.493 e. The zero-order chi connectivity index (χ0) is 23.9. The molecule has 0 spiro atoms. The quantitative estimate of drug-likeness (QED) is 0.622. The second kappa shape index (κ2) is 9.17. The number of sulfonamides is 1. The number of hydrogen-bond donors (Lipinski definition) is 1. The van der Waals surface area contributed by atoms with E-state index in [1.165, 1.54) is 0 Å². The molecule has 2 aliphatic heterocycles. The van der Waals surface area contributed by atoms with Gasteiger partial charge in [0.05, 0.1) is 22.8 Å². The molecule has 34 heavy (non-hydrogen) atoms. The average molecular weight is 486 g/mol. The van der Waals surface area contributed by atoms with E-state index in [9.17, 15) is 13.5 Å². The van der Waals surface area contributed by atoms with Gasteiger partial charge in [-0.05, 0) is 93.2 Å². The predicted octanol–water partition coefficient (Wildman–Crippen LogP) is 4.57. The number of fused-ring (bicyclic) bond motifs is 1. The summed E-state index contributed by atoms with van der Waals surface area (Å²) in [6.07, 6.45) is 5.65. The third-order valence-electron chi connectivity index (χ3n) is 7.58. The van der Waals surface area contributed by atoms with Gasteiger partial charge in [-0.3, -0.25) is 4.31 Å². The van der Waals surface area contributed by atoms with Crippen molar-refractivity contribution in [1.82, 2.24) is 0 Å². The Balaban J connectivity index is 1.48. The van der Waals surface area contributed by atoms with E-state index in [1.54, 1.807) is 22.5 Å². The van der Waals surface area contributed by atoms with Crippen LogP contribution in [0.15, 0.2) is 41.3 Å². The highest BCUT2D eigenvalue weighted by molar-refractivity contribution is 7.92. The van der Waals surface area contributed by atoms with E-state index in [0.29, 0.717) is 36.7 Å². The lowest BCUT2D eigenvalue weighted by atomic mass is 9.97.